The van der Waals surface area contributed by atoms with Crippen LogP contribution in [0.15, 0.2) is 27.1 Å². The first-order valence-electron chi connectivity index (χ1n) is 5.02. The molecular weight excluding hydrogens is 289 g/mol. The Kier molecular flexibility index (Phi) is 4.99. The third-order valence-electron chi connectivity index (χ3n) is 1.73. The van der Waals surface area contributed by atoms with Gasteiger partial charge in [-0.05, 0) is 50.4 Å². The van der Waals surface area contributed by atoms with Crippen LogP contribution in [-0.2, 0) is 6.42 Å². The second-order valence-electron chi connectivity index (χ2n) is 4.43. The summed E-state index contributed by atoms with van der Waals surface area (Å²) in [6.45, 7) is 6.28. The molecule has 0 heterocycles. The third kappa shape index (κ3) is 5.12. The Bertz CT molecular complexity index is 385. The summed E-state index contributed by atoms with van der Waals surface area (Å²) in [5.74, 6) is -0.193. The van der Waals surface area contributed by atoms with Crippen LogP contribution in [0.2, 0.25) is 0 Å². The average molecular weight is 304 g/mol. The second-order valence-corrected chi connectivity index (χ2v) is 6.97. The van der Waals surface area contributed by atoms with Crippen LogP contribution in [-0.4, -0.2) is 11.0 Å². The molecule has 1 aromatic rings. The molecule has 0 aliphatic carbocycles. The highest BCUT2D eigenvalue weighted by molar-refractivity contribution is 9.10. The molecule has 0 aliphatic heterocycles. The standard InChI is InChI=1S/C12H15BrFNS/c1-12(2,3)16-15-7-6-9-4-5-10(13)8-11(9)14/h4-5,7-8H,6H2,1-3H3. The van der Waals surface area contributed by atoms with E-state index in [-0.39, 0.29) is 10.6 Å². The molecule has 1 aromatic carbocycles. The predicted molar refractivity (Wildman–Crippen MR) is 73.6 cm³/mol. The molecule has 0 aliphatic rings. The minimum absolute atomic E-state index is 0.106. The highest BCUT2D eigenvalue weighted by Gasteiger charge is 2.09. The maximum absolute atomic E-state index is 13.4. The fourth-order valence-corrected chi connectivity index (χ4v) is 1.82. The SMILES string of the molecule is CC(C)(C)SN=CCc1ccc(Br)cc1F. The lowest BCUT2D eigenvalue weighted by Crippen LogP contribution is -2.05. The number of hydrogen-bond acceptors (Lipinski definition) is 2. The van der Waals surface area contributed by atoms with E-state index in [1.54, 1.807) is 12.3 Å². The van der Waals surface area contributed by atoms with Crippen LogP contribution in [0.25, 0.3) is 0 Å². The molecule has 0 bridgehead atoms. The predicted octanol–water partition coefficient (Wildman–Crippen LogP) is 4.65. The lowest BCUT2D eigenvalue weighted by Gasteiger charge is -2.12. The molecule has 0 N–H and O–H groups in total. The largest absolute Gasteiger partial charge is 0.228 e. The molecule has 0 unspecified atom stereocenters. The van der Waals surface area contributed by atoms with Gasteiger partial charge in [0.1, 0.15) is 5.82 Å². The van der Waals surface area contributed by atoms with Crippen LogP contribution in [0.3, 0.4) is 0 Å². The van der Waals surface area contributed by atoms with E-state index in [1.165, 1.54) is 18.0 Å². The summed E-state index contributed by atoms with van der Waals surface area (Å²) in [4.78, 5) is 0. The fourth-order valence-electron chi connectivity index (χ4n) is 1.02. The molecule has 16 heavy (non-hydrogen) atoms. The zero-order chi connectivity index (χ0) is 12.2. The number of rotatable bonds is 3. The first-order chi connectivity index (χ1) is 7.38. The Morgan fingerprint density at radius 1 is 1.44 bits per heavy atom. The zero-order valence-electron chi connectivity index (χ0n) is 9.63. The number of halogens is 2. The minimum atomic E-state index is -0.193. The summed E-state index contributed by atoms with van der Waals surface area (Å²) in [5.41, 5.74) is 0.668. The van der Waals surface area contributed by atoms with Gasteiger partial charge in [0, 0.05) is 21.9 Å². The molecule has 0 saturated heterocycles. The van der Waals surface area contributed by atoms with Crippen molar-refractivity contribution in [1.82, 2.24) is 0 Å². The maximum Gasteiger partial charge on any atom is 0.127 e. The van der Waals surface area contributed by atoms with Gasteiger partial charge in [-0.1, -0.05) is 22.0 Å². The van der Waals surface area contributed by atoms with Crippen molar-refractivity contribution in [3.63, 3.8) is 0 Å². The van der Waals surface area contributed by atoms with Crippen molar-refractivity contribution in [2.75, 3.05) is 0 Å². The number of benzene rings is 1. The van der Waals surface area contributed by atoms with Crippen molar-refractivity contribution in [3.8, 4) is 0 Å². The van der Waals surface area contributed by atoms with Crippen LogP contribution >= 0.6 is 27.9 Å². The monoisotopic (exact) mass is 303 g/mol. The Hall–Kier alpha value is -0.350. The lowest BCUT2D eigenvalue weighted by molar-refractivity contribution is 0.615. The molecule has 0 atom stereocenters. The molecule has 1 rings (SSSR count). The normalized spacial score (nSPS) is 12.3. The fraction of sp³-hybridized carbons (Fsp3) is 0.417. The summed E-state index contributed by atoms with van der Waals surface area (Å²) >= 11 is 4.73. The van der Waals surface area contributed by atoms with Crippen LogP contribution < -0.4 is 0 Å². The van der Waals surface area contributed by atoms with Crippen molar-refractivity contribution < 1.29 is 4.39 Å². The second kappa shape index (κ2) is 5.82. The van der Waals surface area contributed by atoms with Gasteiger partial charge in [-0.2, -0.15) is 0 Å². The summed E-state index contributed by atoms with van der Waals surface area (Å²) in [7, 11) is 0. The van der Waals surface area contributed by atoms with E-state index in [0.717, 1.165) is 4.47 Å². The molecule has 0 fully saturated rings. The first-order valence-corrected chi connectivity index (χ1v) is 6.59. The van der Waals surface area contributed by atoms with Gasteiger partial charge in [-0.15, -0.1) is 0 Å². The van der Waals surface area contributed by atoms with Crippen molar-refractivity contribution >= 4 is 34.1 Å². The third-order valence-corrected chi connectivity index (χ3v) is 3.02. The Balaban J connectivity index is 2.55. The van der Waals surface area contributed by atoms with Crippen molar-refractivity contribution in [1.29, 1.82) is 0 Å². The van der Waals surface area contributed by atoms with Crippen LogP contribution in [0.1, 0.15) is 26.3 Å². The van der Waals surface area contributed by atoms with E-state index >= 15 is 0 Å². The smallest absolute Gasteiger partial charge is 0.127 e. The van der Waals surface area contributed by atoms with Gasteiger partial charge in [0.25, 0.3) is 0 Å². The Morgan fingerprint density at radius 3 is 2.69 bits per heavy atom. The van der Waals surface area contributed by atoms with Crippen molar-refractivity contribution in [3.05, 3.63) is 34.1 Å². The van der Waals surface area contributed by atoms with Gasteiger partial charge in [0.05, 0.1) is 0 Å². The molecule has 0 radical (unpaired) electrons. The first kappa shape index (κ1) is 13.7. The summed E-state index contributed by atoms with van der Waals surface area (Å²) in [6.07, 6.45) is 2.28. The topological polar surface area (TPSA) is 12.4 Å². The quantitative estimate of drug-likeness (QED) is 0.585. The van der Waals surface area contributed by atoms with Crippen LogP contribution in [0, 0.1) is 5.82 Å². The van der Waals surface area contributed by atoms with Crippen molar-refractivity contribution in [2.24, 2.45) is 4.40 Å². The molecule has 0 aromatic heterocycles. The van der Waals surface area contributed by atoms with Gasteiger partial charge >= 0.3 is 0 Å². The number of nitrogens with zero attached hydrogens (tertiary/aromatic N) is 1. The van der Waals surface area contributed by atoms with Gasteiger partial charge in [-0.3, -0.25) is 0 Å². The maximum atomic E-state index is 13.4. The van der Waals surface area contributed by atoms with E-state index in [4.69, 9.17) is 0 Å². The molecule has 4 heteroatoms. The molecular formula is C12H15BrFNS. The average Bonchev–Trinajstić information content (AvgIpc) is 2.13. The molecule has 0 spiro atoms. The van der Waals surface area contributed by atoms with E-state index in [1.807, 2.05) is 6.07 Å². The highest BCUT2D eigenvalue weighted by atomic mass is 79.9. The molecule has 0 saturated carbocycles. The van der Waals surface area contributed by atoms with Crippen LogP contribution in [0.4, 0.5) is 4.39 Å². The van der Waals surface area contributed by atoms with Crippen LogP contribution in [0.5, 0.6) is 0 Å². The van der Waals surface area contributed by atoms with Gasteiger partial charge < -0.3 is 0 Å². The zero-order valence-corrected chi connectivity index (χ0v) is 12.0. The molecule has 88 valence electrons. The molecule has 0 amide bonds. The minimum Gasteiger partial charge on any atom is -0.228 e. The highest BCUT2D eigenvalue weighted by Crippen LogP contribution is 2.23. The summed E-state index contributed by atoms with van der Waals surface area (Å²) < 4.78 is 18.5. The van der Waals surface area contributed by atoms with Gasteiger partial charge in [0.15, 0.2) is 0 Å². The molecule has 1 nitrogen and oxygen atoms in total. The van der Waals surface area contributed by atoms with Gasteiger partial charge in [-0.25, -0.2) is 8.79 Å². The lowest BCUT2D eigenvalue weighted by atomic mass is 10.1. The Morgan fingerprint density at radius 2 is 2.12 bits per heavy atom. The summed E-state index contributed by atoms with van der Waals surface area (Å²) in [6, 6.07) is 5.08. The van der Waals surface area contributed by atoms with Crippen molar-refractivity contribution in [2.45, 2.75) is 31.9 Å². The van der Waals surface area contributed by atoms with E-state index in [9.17, 15) is 4.39 Å². The Labute approximate surface area is 109 Å². The van der Waals surface area contributed by atoms with E-state index < -0.39 is 0 Å². The number of hydrogen-bond donors (Lipinski definition) is 0. The van der Waals surface area contributed by atoms with E-state index in [0.29, 0.717) is 12.0 Å². The van der Waals surface area contributed by atoms with Gasteiger partial charge in [0.2, 0.25) is 0 Å². The summed E-state index contributed by atoms with van der Waals surface area (Å²) in [5, 5.41) is 0. The van der Waals surface area contributed by atoms with E-state index in [2.05, 4.69) is 41.1 Å².